The van der Waals surface area contributed by atoms with Crippen LogP contribution in [0.1, 0.15) is 33.0 Å². The fourth-order valence-electron chi connectivity index (χ4n) is 3.30. The van der Waals surface area contributed by atoms with Gasteiger partial charge in [0.2, 0.25) is 5.91 Å². The Morgan fingerprint density at radius 2 is 2.16 bits per heavy atom. The zero-order valence-corrected chi connectivity index (χ0v) is 15.3. The summed E-state index contributed by atoms with van der Waals surface area (Å²) in [7, 11) is 1.40. The number of hydrogen-bond acceptors (Lipinski definition) is 5. The molecule has 0 radical (unpaired) electrons. The number of likely N-dealkylation sites (tertiary alicyclic amines) is 1. The van der Waals surface area contributed by atoms with Gasteiger partial charge in [-0.15, -0.1) is 11.3 Å². The molecule has 2 heterocycles. The van der Waals surface area contributed by atoms with Gasteiger partial charge in [-0.1, -0.05) is 18.2 Å². The van der Waals surface area contributed by atoms with Crippen molar-refractivity contribution in [2.24, 2.45) is 5.92 Å². The van der Waals surface area contributed by atoms with Gasteiger partial charge in [-0.05, 0) is 37.3 Å². The van der Waals surface area contributed by atoms with Crippen LogP contribution in [0, 0.1) is 12.8 Å². The number of carbonyl (C=O) groups excluding carboxylic acids is 2. The van der Waals surface area contributed by atoms with Crippen LogP contribution in [-0.4, -0.2) is 42.0 Å². The van der Waals surface area contributed by atoms with Crippen molar-refractivity contribution in [2.45, 2.75) is 26.2 Å². The van der Waals surface area contributed by atoms with Crippen molar-refractivity contribution in [3.63, 3.8) is 0 Å². The number of benzene rings is 1. The number of carbonyl (C=O) groups is 2. The van der Waals surface area contributed by atoms with E-state index in [4.69, 9.17) is 4.74 Å². The van der Waals surface area contributed by atoms with Crippen LogP contribution in [0.15, 0.2) is 29.6 Å². The molecule has 0 bridgehead atoms. The molecule has 0 aliphatic carbocycles. The molecule has 1 fully saturated rings. The van der Waals surface area contributed by atoms with Gasteiger partial charge in [-0.25, -0.2) is 9.78 Å². The molecule has 1 amide bonds. The van der Waals surface area contributed by atoms with Gasteiger partial charge >= 0.3 is 5.97 Å². The Kier molecular flexibility index (Phi) is 5.48. The summed E-state index contributed by atoms with van der Waals surface area (Å²) in [4.78, 5) is 30.6. The molecular formula is C19H22N2O3S. The van der Waals surface area contributed by atoms with E-state index >= 15 is 0 Å². The Bertz CT molecular complexity index is 772. The molecule has 1 unspecified atom stereocenters. The molecule has 1 aliphatic heterocycles. The number of hydrogen-bond donors (Lipinski definition) is 0. The largest absolute Gasteiger partial charge is 0.465 e. The number of esters is 1. The smallest absolute Gasteiger partial charge is 0.338 e. The Morgan fingerprint density at radius 3 is 2.88 bits per heavy atom. The molecule has 1 aliphatic rings. The van der Waals surface area contributed by atoms with Crippen LogP contribution in [0.3, 0.4) is 0 Å². The molecular weight excluding hydrogens is 336 g/mol. The van der Waals surface area contributed by atoms with Crippen LogP contribution < -0.4 is 0 Å². The summed E-state index contributed by atoms with van der Waals surface area (Å²) >= 11 is 1.57. The summed E-state index contributed by atoms with van der Waals surface area (Å²) in [5, 5.41) is 2.94. The highest BCUT2D eigenvalue weighted by Gasteiger charge is 2.27. The number of methoxy groups -OCH3 is 1. The maximum Gasteiger partial charge on any atom is 0.338 e. The van der Waals surface area contributed by atoms with Crippen molar-refractivity contribution in [1.82, 2.24) is 9.88 Å². The maximum absolute atomic E-state index is 12.5. The van der Waals surface area contributed by atoms with E-state index in [0.29, 0.717) is 17.9 Å². The maximum atomic E-state index is 12.5. The molecule has 2 aromatic rings. The predicted octanol–water partition coefficient (Wildman–Crippen LogP) is 2.87. The molecule has 0 N–H and O–H groups in total. The van der Waals surface area contributed by atoms with Gasteiger partial charge in [0.05, 0.1) is 29.8 Å². The first-order chi connectivity index (χ1) is 12.1. The zero-order chi connectivity index (χ0) is 17.8. The van der Waals surface area contributed by atoms with E-state index in [-0.39, 0.29) is 11.9 Å². The lowest BCUT2D eigenvalue weighted by Crippen LogP contribution is -2.30. The van der Waals surface area contributed by atoms with E-state index in [2.05, 4.69) is 4.98 Å². The van der Waals surface area contributed by atoms with Gasteiger partial charge < -0.3 is 9.64 Å². The van der Waals surface area contributed by atoms with Gasteiger partial charge in [0.15, 0.2) is 0 Å². The van der Waals surface area contributed by atoms with E-state index in [1.54, 1.807) is 17.4 Å². The average molecular weight is 358 g/mol. The highest BCUT2D eigenvalue weighted by atomic mass is 32.1. The van der Waals surface area contributed by atoms with Crippen LogP contribution in [0.5, 0.6) is 0 Å². The minimum absolute atomic E-state index is 0.133. The summed E-state index contributed by atoms with van der Waals surface area (Å²) in [6.45, 7) is 3.45. The molecule has 1 atom stereocenters. The van der Waals surface area contributed by atoms with E-state index in [0.717, 1.165) is 42.2 Å². The lowest BCUT2D eigenvalue weighted by atomic mass is 9.95. The van der Waals surface area contributed by atoms with Crippen molar-refractivity contribution < 1.29 is 14.3 Å². The third kappa shape index (κ3) is 4.25. The molecule has 3 rings (SSSR count). The van der Waals surface area contributed by atoms with Crippen LogP contribution in [0.4, 0.5) is 0 Å². The summed E-state index contributed by atoms with van der Waals surface area (Å²) < 4.78 is 4.86. The molecule has 5 nitrogen and oxygen atoms in total. The van der Waals surface area contributed by atoms with Gasteiger partial charge in [-0.3, -0.25) is 4.79 Å². The fraction of sp³-hybridized carbons (Fsp3) is 0.421. The van der Waals surface area contributed by atoms with Crippen LogP contribution >= 0.6 is 11.3 Å². The standard InChI is InChI=1S/C19H22N2O3S/c1-13-20-16(12-25-13)10-18(22)21-8-7-14(11-21)9-15-5-3-4-6-17(15)19(23)24-2/h3-6,12,14H,7-11H2,1-2H3. The number of rotatable bonds is 5. The summed E-state index contributed by atoms with van der Waals surface area (Å²) in [6.07, 6.45) is 2.11. The number of nitrogens with zero attached hydrogens (tertiary/aromatic N) is 2. The molecule has 1 aromatic heterocycles. The predicted molar refractivity (Wildman–Crippen MR) is 96.7 cm³/mol. The first-order valence-corrected chi connectivity index (χ1v) is 9.29. The molecule has 1 aromatic carbocycles. The van der Waals surface area contributed by atoms with Crippen molar-refractivity contribution >= 4 is 23.2 Å². The monoisotopic (exact) mass is 358 g/mol. The molecule has 132 valence electrons. The molecule has 1 saturated heterocycles. The van der Waals surface area contributed by atoms with Gasteiger partial charge in [0, 0.05) is 18.5 Å². The molecule has 25 heavy (non-hydrogen) atoms. The second-order valence-electron chi connectivity index (χ2n) is 6.38. The van der Waals surface area contributed by atoms with Crippen LogP contribution in [-0.2, 0) is 22.4 Å². The quantitative estimate of drug-likeness (QED) is 0.771. The fourth-order valence-corrected chi connectivity index (χ4v) is 3.91. The first kappa shape index (κ1) is 17.6. The summed E-state index contributed by atoms with van der Waals surface area (Å²) in [5.74, 6) is 0.196. The molecule has 0 spiro atoms. The SMILES string of the molecule is COC(=O)c1ccccc1CC1CCN(C(=O)Cc2csc(C)n2)C1. The van der Waals surface area contributed by atoms with E-state index in [9.17, 15) is 9.59 Å². The summed E-state index contributed by atoms with van der Waals surface area (Å²) in [6, 6.07) is 7.54. The third-order valence-corrected chi connectivity index (χ3v) is 5.39. The highest BCUT2D eigenvalue weighted by Crippen LogP contribution is 2.24. The Labute approximate surface area is 151 Å². The van der Waals surface area contributed by atoms with E-state index < -0.39 is 0 Å². The van der Waals surface area contributed by atoms with Crippen LogP contribution in [0.2, 0.25) is 0 Å². The van der Waals surface area contributed by atoms with Crippen molar-refractivity contribution in [3.05, 3.63) is 51.5 Å². The Balaban J connectivity index is 1.60. The van der Waals surface area contributed by atoms with Crippen molar-refractivity contribution in [3.8, 4) is 0 Å². The topological polar surface area (TPSA) is 59.5 Å². The zero-order valence-electron chi connectivity index (χ0n) is 14.5. The van der Waals surface area contributed by atoms with Gasteiger partial charge in [0.1, 0.15) is 0 Å². The van der Waals surface area contributed by atoms with Gasteiger partial charge in [0.25, 0.3) is 0 Å². The van der Waals surface area contributed by atoms with E-state index in [1.807, 2.05) is 35.4 Å². The minimum Gasteiger partial charge on any atom is -0.465 e. The minimum atomic E-state index is -0.305. The number of amides is 1. The lowest BCUT2D eigenvalue weighted by Gasteiger charge is -2.16. The van der Waals surface area contributed by atoms with Crippen molar-refractivity contribution in [2.75, 3.05) is 20.2 Å². The Morgan fingerprint density at radius 1 is 1.36 bits per heavy atom. The van der Waals surface area contributed by atoms with Crippen molar-refractivity contribution in [1.29, 1.82) is 0 Å². The number of thiazole rings is 1. The van der Waals surface area contributed by atoms with E-state index in [1.165, 1.54) is 7.11 Å². The number of ether oxygens (including phenoxy) is 1. The lowest BCUT2D eigenvalue weighted by molar-refractivity contribution is -0.129. The highest BCUT2D eigenvalue weighted by molar-refractivity contribution is 7.09. The normalized spacial score (nSPS) is 16.9. The number of aryl methyl sites for hydroxylation is 1. The summed E-state index contributed by atoms with van der Waals surface area (Å²) in [5.41, 5.74) is 2.46. The second kappa shape index (κ2) is 7.78. The van der Waals surface area contributed by atoms with Crippen LogP contribution in [0.25, 0.3) is 0 Å². The molecule has 6 heteroatoms. The van der Waals surface area contributed by atoms with Gasteiger partial charge in [-0.2, -0.15) is 0 Å². The first-order valence-electron chi connectivity index (χ1n) is 8.42. The average Bonchev–Trinajstić information content (AvgIpc) is 3.24. The third-order valence-electron chi connectivity index (χ3n) is 4.57. The number of aromatic nitrogens is 1. The second-order valence-corrected chi connectivity index (χ2v) is 7.44. The Hall–Kier alpha value is -2.21. The molecule has 0 saturated carbocycles.